The molecule has 2 N–H and O–H groups in total. The number of benzene rings is 2. The number of aromatic nitrogens is 2. The Morgan fingerprint density at radius 1 is 0.947 bits per heavy atom. The maximum absolute atomic E-state index is 12.7. The molecular formula is C31H43N5O2. The van der Waals surface area contributed by atoms with E-state index in [0.717, 1.165) is 61.2 Å². The minimum atomic E-state index is -0.0165. The third-order valence-corrected chi connectivity index (χ3v) is 7.37. The number of rotatable bonds is 13. The highest BCUT2D eigenvalue weighted by Crippen LogP contribution is 2.28. The van der Waals surface area contributed by atoms with Crippen LogP contribution in [-0.4, -0.2) is 49.2 Å². The first-order valence-electron chi connectivity index (χ1n) is 14.2. The van der Waals surface area contributed by atoms with Crippen molar-refractivity contribution < 1.29 is 9.53 Å². The second-order valence-corrected chi connectivity index (χ2v) is 10.6. The van der Waals surface area contributed by atoms with E-state index in [0.29, 0.717) is 30.0 Å². The Labute approximate surface area is 227 Å². The summed E-state index contributed by atoms with van der Waals surface area (Å²) in [5.41, 5.74) is 1.63. The number of unbranched alkanes of at least 4 members (excludes halogenated alkanes) is 4. The predicted molar refractivity (Wildman–Crippen MR) is 156 cm³/mol. The molecule has 204 valence electrons. The molecule has 1 fully saturated rings. The van der Waals surface area contributed by atoms with Crippen molar-refractivity contribution in [2.24, 2.45) is 5.92 Å². The number of anilines is 2. The summed E-state index contributed by atoms with van der Waals surface area (Å²) in [5.74, 6) is 2.92. The van der Waals surface area contributed by atoms with E-state index >= 15 is 0 Å². The monoisotopic (exact) mass is 517 g/mol. The molecule has 2 aromatic carbocycles. The van der Waals surface area contributed by atoms with Gasteiger partial charge in [0.2, 0.25) is 5.95 Å². The van der Waals surface area contributed by atoms with Crippen LogP contribution in [0.5, 0.6) is 5.75 Å². The number of carbonyl (C=O) groups is 1. The maximum atomic E-state index is 12.7. The Balaban J connectivity index is 1.19. The average Bonchev–Trinajstić information content (AvgIpc) is 2.94. The van der Waals surface area contributed by atoms with Gasteiger partial charge in [-0.1, -0.05) is 44.7 Å². The van der Waals surface area contributed by atoms with Gasteiger partial charge in [0.15, 0.2) is 0 Å². The fourth-order valence-corrected chi connectivity index (χ4v) is 5.10. The molecule has 1 aromatic heterocycles. The van der Waals surface area contributed by atoms with Crippen LogP contribution < -0.4 is 20.3 Å². The zero-order chi connectivity index (χ0) is 26.7. The normalized spacial score (nSPS) is 17.2. The minimum Gasteiger partial charge on any atom is -0.494 e. The fraction of sp³-hybridized carbons (Fsp3) is 0.516. The Morgan fingerprint density at radius 2 is 1.68 bits per heavy atom. The van der Waals surface area contributed by atoms with Crippen molar-refractivity contribution in [3.05, 3.63) is 54.1 Å². The summed E-state index contributed by atoms with van der Waals surface area (Å²) in [6.45, 7) is 3.66. The van der Waals surface area contributed by atoms with Crippen LogP contribution in [0.1, 0.15) is 75.1 Å². The molecule has 0 bridgehead atoms. The lowest BCUT2D eigenvalue weighted by atomic mass is 9.86. The summed E-state index contributed by atoms with van der Waals surface area (Å²) in [6.07, 6.45) is 10.3. The first-order valence-corrected chi connectivity index (χ1v) is 14.2. The van der Waals surface area contributed by atoms with Crippen molar-refractivity contribution in [2.45, 2.75) is 70.8 Å². The molecule has 1 aliphatic rings. The zero-order valence-corrected chi connectivity index (χ0v) is 23.2. The second-order valence-electron chi connectivity index (χ2n) is 10.6. The second kappa shape index (κ2) is 14.0. The number of hydrogen-bond acceptors (Lipinski definition) is 6. The van der Waals surface area contributed by atoms with Crippen LogP contribution in [0.3, 0.4) is 0 Å². The topological polar surface area (TPSA) is 79.4 Å². The number of nitrogens with zero attached hydrogens (tertiary/aromatic N) is 3. The number of para-hydroxylation sites is 1. The Bertz CT molecular complexity index is 1160. The van der Waals surface area contributed by atoms with Crippen LogP contribution in [0.2, 0.25) is 0 Å². The van der Waals surface area contributed by atoms with Crippen LogP contribution in [0, 0.1) is 5.92 Å². The van der Waals surface area contributed by atoms with Gasteiger partial charge in [0.1, 0.15) is 11.6 Å². The van der Waals surface area contributed by atoms with Gasteiger partial charge < -0.3 is 20.3 Å². The average molecular weight is 518 g/mol. The van der Waals surface area contributed by atoms with Crippen LogP contribution in [0.4, 0.5) is 11.8 Å². The van der Waals surface area contributed by atoms with Gasteiger partial charge in [-0.2, -0.15) is 4.98 Å². The van der Waals surface area contributed by atoms with Crippen molar-refractivity contribution in [1.82, 2.24) is 15.3 Å². The van der Waals surface area contributed by atoms with E-state index in [2.05, 4.69) is 23.6 Å². The molecule has 0 aliphatic heterocycles. The molecule has 7 nitrogen and oxygen atoms in total. The standard InChI is InChI=1S/C31H43N5O2/c1-4-5-6-7-10-21-38-26-19-15-24(16-20-26)30(37)32-22-23-13-17-25(18-14-23)33-31-34-28-12-9-8-11-27(28)29(35-31)36(2)3/h8-9,11-12,15-16,19-20,23,25H,4-7,10,13-14,17-18,21-22H2,1-3H3,(H,32,37)(H,33,34,35)/t23-,25+. The first kappa shape index (κ1) is 27.7. The number of carbonyl (C=O) groups excluding carboxylic acids is 1. The highest BCUT2D eigenvalue weighted by atomic mass is 16.5. The van der Waals surface area contributed by atoms with E-state index in [1.54, 1.807) is 0 Å². The number of fused-ring (bicyclic) bond motifs is 1. The molecule has 1 saturated carbocycles. The Hall–Kier alpha value is -3.35. The molecule has 0 saturated heterocycles. The van der Waals surface area contributed by atoms with Crippen molar-refractivity contribution in [3.8, 4) is 5.75 Å². The highest BCUT2D eigenvalue weighted by molar-refractivity contribution is 5.94. The van der Waals surface area contributed by atoms with Crippen LogP contribution in [0.15, 0.2) is 48.5 Å². The zero-order valence-electron chi connectivity index (χ0n) is 23.2. The molecule has 1 aliphatic carbocycles. The van der Waals surface area contributed by atoms with E-state index < -0.39 is 0 Å². The quantitative estimate of drug-likeness (QED) is 0.254. The molecule has 0 radical (unpaired) electrons. The first-order chi connectivity index (χ1) is 18.5. The van der Waals surface area contributed by atoms with Crippen molar-refractivity contribution in [2.75, 3.05) is 37.5 Å². The molecule has 0 atom stereocenters. The molecule has 38 heavy (non-hydrogen) atoms. The third kappa shape index (κ3) is 7.83. The van der Waals surface area contributed by atoms with Gasteiger partial charge >= 0.3 is 0 Å². The summed E-state index contributed by atoms with van der Waals surface area (Å²) in [6, 6.07) is 16.0. The number of hydrogen-bond donors (Lipinski definition) is 2. The van der Waals surface area contributed by atoms with Crippen LogP contribution >= 0.6 is 0 Å². The minimum absolute atomic E-state index is 0.0165. The lowest BCUT2D eigenvalue weighted by Crippen LogP contribution is -2.34. The number of nitrogens with one attached hydrogen (secondary N) is 2. The summed E-state index contributed by atoms with van der Waals surface area (Å²) < 4.78 is 5.82. The van der Waals surface area contributed by atoms with Gasteiger partial charge in [-0.25, -0.2) is 4.98 Å². The van der Waals surface area contributed by atoms with Crippen LogP contribution in [-0.2, 0) is 0 Å². The van der Waals surface area contributed by atoms with Gasteiger partial charge in [-0.15, -0.1) is 0 Å². The van der Waals surface area contributed by atoms with Gasteiger partial charge in [-0.05, 0) is 74.4 Å². The SMILES string of the molecule is CCCCCCCOc1ccc(C(=O)NC[C@H]2CC[C@@H](Nc3nc(N(C)C)c4ccccc4n3)CC2)cc1. The molecule has 1 amide bonds. The number of ether oxygens (including phenoxy) is 1. The smallest absolute Gasteiger partial charge is 0.251 e. The Kier molecular flexibility index (Phi) is 10.2. The molecule has 0 spiro atoms. The molecule has 3 aromatic rings. The molecule has 1 heterocycles. The Morgan fingerprint density at radius 3 is 2.42 bits per heavy atom. The molecule has 4 rings (SSSR count). The third-order valence-electron chi connectivity index (χ3n) is 7.37. The van der Waals surface area contributed by atoms with Crippen LogP contribution in [0.25, 0.3) is 10.9 Å². The summed E-state index contributed by atoms with van der Waals surface area (Å²) in [4.78, 5) is 24.2. The lowest BCUT2D eigenvalue weighted by molar-refractivity contribution is 0.0943. The van der Waals surface area contributed by atoms with Gasteiger partial charge in [0.25, 0.3) is 5.91 Å². The largest absolute Gasteiger partial charge is 0.494 e. The summed E-state index contributed by atoms with van der Waals surface area (Å²) in [7, 11) is 4.02. The lowest BCUT2D eigenvalue weighted by Gasteiger charge is -2.29. The summed E-state index contributed by atoms with van der Waals surface area (Å²) >= 11 is 0. The van der Waals surface area contributed by atoms with E-state index in [9.17, 15) is 4.79 Å². The fourth-order valence-electron chi connectivity index (χ4n) is 5.10. The summed E-state index contributed by atoms with van der Waals surface area (Å²) in [5, 5.41) is 7.76. The van der Waals surface area contributed by atoms with Gasteiger partial charge in [0, 0.05) is 37.6 Å². The van der Waals surface area contributed by atoms with Crippen molar-refractivity contribution >= 4 is 28.6 Å². The predicted octanol–water partition coefficient (Wildman–Crippen LogP) is 6.45. The van der Waals surface area contributed by atoms with E-state index in [1.165, 1.54) is 25.7 Å². The van der Waals surface area contributed by atoms with Gasteiger partial charge in [-0.3, -0.25) is 4.79 Å². The van der Waals surface area contributed by atoms with Crippen molar-refractivity contribution in [3.63, 3.8) is 0 Å². The molecular weight excluding hydrogens is 474 g/mol. The van der Waals surface area contributed by atoms with E-state index in [1.807, 2.05) is 61.5 Å². The van der Waals surface area contributed by atoms with Gasteiger partial charge in [0.05, 0.1) is 12.1 Å². The van der Waals surface area contributed by atoms with E-state index in [-0.39, 0.29) is 5.91 Å². The maximum Gasteiger partial charge on any atom is 0.251 e. The van der Waals surface area contributed by atoms with E-state index in [4.69, 9.17) is 14.7 Å². The molecule has 0 unspecified atom stereocenters. The number of amides is 1. The molecule has 7 heteroatoms. The van der Waals surface area contributed by atoms with Crippen molar-refractivity contribution in [1.29, 1.82) is 0 Å². The highest BCUT2D eigenvalue weighted by Gasteiger charge is 2.23.